The zero-order valence-corrected chi connectivity index (χ0v) is 16.9. The van der Waals surface area contributed by atoms with E-state index in [1.54, 1.807) is 0 Å². The van der Waals surface area contributed by atoms with Gasteiger partial charge in [-0.1, -0.05) is 37.3 Å². The first-order valence-corrected chi connectivity index (χ1v) is 10.9. The number of amides is 2. The van der Waals surface area contributed by atoms with E-state index in [1.165, 1.54) is 5.56 Å². The average molecular weight is 385 g/mol. The predicted molar refractivity (Wildman–Crippen MR) is 108 cm³/mol. The zero-order chi connectivity index (χ0) is 19.6. The van der Waals surface area contributed by atoms with Crippen LogP contribution in [0.4, 0.5) is 4.79 Å². The Morgan fingerprint density at radius 2 is 2.04 bits per heavy atom. The molecule has 0 unspecified atom stereocenters. The molecule has 1 aromatic rings. The molecule has 2 saturated heterocycles. The Kier molecular flexibility index (Phi) is 5.61. The molecule has 2 aliphatic heterocycles. The maximum absolute atomic E-state index is 12.6. The van der Waals surface area contributed by atoms with Crippen LogP contribution >= 0.6 is 0 Å². The van der Waals surface area contributed by atoms with Gasteiger partial charge >= 0.3 is 6.09 Å². The molecule has 0 aromatic heterocycles. The van der Waals surface area contributed by atoms with Gasteiger partial charge in [-0.05, 0) is 62.3 Å². The fourth-order valence-electron chi connectivity index (χ4n) is 5.95. The van der Waals surface area contributed by atoms with Gasteiger partial charge in [-0.25, -0.2) is 4.79 Å². The van der Waals surface area contributed by atoms with Crippen LogP contribution in [0.2, 0.25) is 0 Å². The molecular weight excluding hydrogens is 352 g/mol. The third-order valence-electron chi connectivity index (χ3n) is 7.29. The van der Waals surface area contributed by atoms with E-state index in [-0.39, 0.29) is 17.7 Å². The molecule has 0 radical (unpaired) electrons. The number of nitrogens with one attached hydrogen (secondary N) is 1. The Balaban J connectivity index is 1.34. The van der Waals surface area contributed by atoms with Gasteiger partial charge in [0.15, 0.2) is 0 Å². The molecule has 1 aliphatic carbocycles. The van der Waals surface area contributed by atoms with Gasteiger partial charge in [0.2, 0.25) is 5.91 Å². The number of nitrogens with zero attached hydrogens (tertiary/aromatic N) is 1. The fraction of sp³-hybridized carbons (Fsp3) is 0.652. The van der Waals surface area contributed by atoms with Crippen LogP contribution in [0.25, 0.3) is 0 Å². The highest BCUT2D eigenvalue weighted by Crippen LogP contribution is 2.52. The van der Waals surface area contributed by atoms with Gasteiger partial charge in [0.1, 0.15) is 6.10 Å². The minimum atomic E-state index is -0.309. The maximum atomic E-state index is 12.6. The maximum Gasteiger partial charge on any atom is 0.407 e. The van der Waals surface area contributed by atoms with Gasteiger partial charge in [0.25, 0.3) is 0 Å². The van der Waals surface area contributed by atoms with Gasteiger partial charge in [-0.3, -0.25) is 4.79 Å². The normalized spacial score (nSPS) is 32.2. The first-order chi connectivity index (χ1) is 13.6. The second kappa shape index (κ2) is 8.14. The predicted octanol–water partition coefficient (Wildman–Crippen LogP) is 3.92. The summed E-state index contributed by atoms with van der Waals surface area (Å²) in [6.45, 7) is 3.72. The highest BCUT2D eigenvalue weighted by atomic mass is 16.6. The minimum absolute atomic E-state index is 0.0244. The standard InChI is InChI=1S/C23H32N2O3/c1-17-19-9-5-10-21(26)25-16-6-13-23(19,25)14-11-20(17)28-22(27)24-15-12-18-7-3-2-4-8-18/h2-4,7-8,17,19-20H,5-6,9-16H2,1H3,(H,24,27)/t17-,19+,20+,23-/m1/s1. The van der Waals surface area contributed by atoms with Gasteiger partial charge in [0, 0.05) is 25.0 Å². The van der Waals surface area contributed by atoms with E-state index in [1.807, 2.05) is 18.2 Å². The summed E-state index contributed by atoms with van der Waals surface area (Å²) in [5.74, 6) is 1.07. The van der Waals surface area contributed by atoms with E-state index in [0.29, 0.717) is 30.7 Å². The number of carbonyl (C=O) groups is 2. The number of ether oxygens (including phenoxy) is 1. The molecule has 5 nitrogen and oxygen atoms in total. The van der Waals surface area contributed by atoms with E-state index in [2.05, 4.69) is 29.3 Å². The Labute approximate surface area is 167 Å². The van der Waals surface area contributed by atoms with Crippen molar-refractivity contribution in [3.63, 3.8) is 0 Å². The van der Waals surface area contributed by atoms with E-state index in [0.717, 1.165) is 51.5 Å². The van der Waals surface area contributed by atoms with Crippen LogP contribution in [0.15, 0.2) is 30.3 Å². The third-order valence-corrected chi connectivity index (χ3v) is 7.29. The Bertz CT molecular complexity index is 707. The van der Waals surface area contributed by atoms with Crippen molar-refractivity contribution in [1.82, 2.24) is 10.2 Å². The Morgan fingerprint density at radius 3 is 2.86 bits per heavy atom. The van der Waals surface area contributed by atoms with Crippen molar-refractivity contribution in [3.05, 3.63) is 35.9 Å². The van der Waals surface area contributed by atoms with Crippen molar-refractivity contribution in [2.24, 2.45) is 11.8 Å². The van der Waals surface area contributed by atoms with E-state index in [4.69, 9.17) is 4.74 Å². The molecule has 1 saturated carbocycles. The molecule has 3 fully saturated rings. The highest BCUT2D eigenvalue weighted by molar-refractivity contribution is 5.78. The summed E-state index contributed by atoms with van der Waals surface area (Å²) in [5, 5.41) is 2.91. The quantitative estimate of drug-likeness (QED) is 0.856. The van der Waals surface area contributed by atoms with Crippen LogP contribution in [-0.4, -0.2) is 41.6 Å². The number of alkyl carbamates (subject to hydrolysis) is 1. The van der Waals surface area contributed by atoms with Crippen LogP contribution in [0.3, 0.4) is 0 Å². The third kappa shape index (κ3) is 3.63. The second-order valence-corrected chi connectivity index (χ2v) is 8.76. The largest absolute Gasteiger partial charge is 0.446 e. The average Bonchev–Trinajstić information content (AvgIpc) is 3.06. The van der Waals surface area contributed by atoms with Crippen LogP contribution < -0.4 is 5.32 Å². The molecule has 4 atom stereocenters. The summed E-state index contributed by atoms with van der Waals surface area (Å²) < 4.78 is 5.85. The summed E-state index contributed by atoms with van der Waals surface area (Å²) in [6.07, 6.45) is 7.20. The number of rotatable bonds is 4. The molecule has 1 N–H and O–H groups in total. The summed E-state index contributed by atoms with van der Waals surface area (Å²) in [7, 11) is 0. The van der Waals surface area contributed by atoms with Gasteiger partial charge in [0.05, 0.1) is 0 Å². The van der Waals surface area contributed by atoms with E-state index >= 15 is 0 Å². The smallest absolute Gasteiger partial charge is 0.407 e. The molecule has 1 aromatic carbocycles. The number of hydrogen-bond donors (Lipinski definition) is 1. The van der Waals surface area contributed by atoms with Crippen molar-refractivity contribution < 1.29 is 14.3 Å². The molecule has 2 heterocycles. The van der Waals surface area contributed by atoms with Gasteiger partial charge in [-0.2, -0.15) is 0 Å². The topological polar surface area (TPSA) is 58.6 Å². The minimum Gasteiger partial charge on any atom is -0.446 e. The van der Waals surface area contributed by atoms with Crippen molar-refractivity contribution in [2.45, 2.75) is 69.9 Å². The number of benzene rings is 1. The lowest BCUT2D eigenvalue weighted by molar-refractivity contribution is -0.140. The molecule has 28 heavy (non-hydrogen) atoms. The summed E-state index contributed by atoms with van der Waals surface area (Å²) in [4.78, 5) is 27.1. The van der Waals surface area contributed by atoms with Crippen molar-refractivity contribution >= 4 is 12.0 Å². The molecule has 152 valence electrons. The number of carbonyl (C=O) groups excluding carboxylic acids is 2. The molecule has 4 rings (SSSR count). The highest BCUT2D eigenvalue weighted by Gasteiger charge is 2.55. The Morgan fingerprint density at radius 1 is 1.21 bits per heavy atom. The fourth-order valence-corrected chi connectivity index (χ4v) is 5.95. The molecule has 2 amide bonds. The van der Waals surface area contributed by atoms with Crippen LogP contribution in [0, 0.1) is 11.8 Å². The van der Waals surface area contributed by atoms with Crippen LogP contribution in [0.1, 0.15) is 57.4 Å². The molecular formula is C23H32N2O3. The summed E-state index contributed by atoms with van der Waals surface area (Å²) >= 11 is 0. The van der Waals surface area contributed by atoms with Crippen molar-refractivity contribution in [2.75, 3.05) is 13.1 Å². The lowest BCUT2D eigenvalue weighted by atomic mass is 9.64. The SMILES string of the molecule is C[C@H]1[C@@H](OC(=O)NCCc2ccccc2)CC[C@@]23CCCN2C(=O)CCC[C@@H]13. The lowest BCUT2D eigenvalue weighted by Crippen LogP contribution is -2.58. The Hall–Kier alpha value is -2.04. The first kappa shape index (κ1) is 19.3. The van der Waals surface area contributed by atoms with E-state index in [9.17, 15) is 9.59 Å². The molecule has 0 bridgehead atoms. The van der Waals surface area contributed by atoms with Crippen LogP contribution in [-0.2, 0) is 16.0 Å². The monoisotopic (exact) mass is 384 g/mol. The van der Waals surface area contributed by atoms with Crippen LogP contribution in [0.5, 0.6) is 0 Å². The lowest BCUT2D eigenvalue weighted by Gasteiger charge is -2.51. The molecule has 3 aliphatic rings. The van der Waals surface area contributed by atoms with Crippen molar-refractivity contribution in [1.29, 1.82) is 0 Å². The summed E-state index contributed by atoms with van der Waals surface area (Å²) in [5.41, 5.74) is 1.23. The first-order valence-electron chi connectivity index (χ1n) is 10.9. The van der Waals surface area contributed by atoms with E-state index < -0.39 is 0 Å². The van der Waals surface area contributed by atoms with Crippen molar-refractivity contribution in [3.8, 4) is 0 Å². The molecule has 1 spiro atoms. The zero-order valence-electron chi connectivity index (χ0n) is 16.9. The van der Waals surface area contributed by atoms with Gasteiger partial charge in [-0.15, -0.1) is 0 Å². The number of hydrogen-bond acceptors (Lipinski definition) is 3. The molecule has 5 heteroatoms. The summed E-state index contributed by atoms with van der Waals surface area (Å²) in [6, 6.07) is 10.1. The second-order valence-electron chi connectivity index (χ2n) is 8.76. The van der Waals surface area contributed by atoms with Gasteiger partial charge < -0.3 is 15.0 Å².